The maximum Gasteiger partial charge on any atom is 0.329 e. The number of amides is 2. The molecule has 1 radical (unpaired) electrons. The summed E-state index contributed by atoms with van der Waals surface area (Å²) in [5.41, 5.74) is 2.91. The van der Waals surface area contributed by atoms with E-state index in [1.165, 1.54) is 12.4 Å². The summed E-state index contributed by atoms with van der Waals surface area (Å²) in [6.45, 7) is 5.13. The van der Waals surface area contributed by atoms with Crippen LogP contribution in [0, 0.1) is 27.6 Å². The molecule has 0 saturated heterocycles. The minimum Gasteiger partial charge on any atom is -0.497 e. The van der Waals surface area contributed by atoms with Crippen LogP contribution in [-0.4, -0.2) is 52.6 Å². The summed E-state index contributed by atoms with van der Waals surface area (Å²) in [6.07, 6.45) is 2.41. The number of hydrogen-bond acceptors (Lipinski definition) is 13. The van der Waals surface area contributed by atoms with E-state index in [0.29, 0.717) is 11.5 Å². The topological polar surface area (TPSA) is 246 Å². The number of ether oxygens (including phenoxy) is 4. The summed E-state index contributed by atoms with van der Waals surface area (Å²) >= 11 is 1.90. The largest absolute Gasteiger partial charge is 0.497 e. The van der Waals surface area contributed by atoms with Crippen LogP contribution in [0.25, 0.3) is 22.3 Å². The first-order chi connectivity index (χ1) is 29.9. The third-order valence-electron chi connectivity index (χ3n) is 8.15. The van der Waals surface area contributed by atoms with E-state index in [0.717, 1.165) is 45.9 Å². The molecule has 0 unspecified atom stereocenters. The van der Waals surface area contributed by atoms with E-state index in [-0.39, 0.29) is 46.3 Å². The molecular weight excluding hydrogens is 1010 g/mol. The van der Waals surface area contributed by atoms with Crippen LogP contribution in [0.3, 0.4) is 0 Å². The van der Waals surface area contributed by atoms with Gasteiger partial charge in [-0.3, -0.25) is 4.93 Å². The molecule has 2 heterocycles. The summed E-state index contributed by atoms with van der Waals surface area (Å²) in [5, 5.41) is 25.9. The number of aromatic nitrogens is 2. The van der Waals surface area contributed by atoms with Gasteiger partial charge in [0.1, 0.15) is 40.0 Å². The molecule has 0 bridgehead atoms. The number of primary sulfonamides is 1. The Morgan fingerprint density at radius 1 is 0.656 bits per heavy atom. The van der Waals surface area contributed by atoms with Crippen molar-refractivity contribution < 1.29 is 59.1 Å². The Balaban J connectivity index is 0.000000330. The first-order valence-corrected chi connectivity index (χ1v) is 22.8. The van der Waals surface area contributed by atoms with Crippen molar-refractivity contribution in [3.8, 4) is 69.2 Å². The monoisotopic (exact) mass is 1050 g/mol. The van der Waals surface area contributed by atoms with Gasteiger partial charge in [0.15, 0.2) is 4.90 Å². The van der Waals surface area contributed by atoms with E-state index in [1.807, 2.05) is 100 Å². The summed E-state index contributed by atoms with van der Waals surface area (Å²) in [5.74, 6) is 1.69. The summed E-state index contributed by atoms with van der Waals surface area (Å²) < 4.78 is 73.2. The second-order valence-electron chi connectivity index (χ2n) is 13.8. The van der Waals surface area contributed by atoms with Crippen molar-refractivity contribution in [3.63, 3.8) is 0 Å². The van der Waals surface area contributed by atoms with Crippen LogP contribution in [0.5, 0.6) is 34.8 Å². The zero-order chi connectivity index (χ0) is 46.4. The van der Waals surface area contributed by atoms with Crippen molar-refractivity contribution >= 4 is 48.7 Å². The number of nitriles is 2. The molecule has 0 saturated carbocycles. The molecule has 0 spiro atoms. The van der Waals surface area contributed by atoms with Gasteiger partial charge in [-0.15, -0.1) is 0 Å². The Morgan fingerprint density at radius 3 is 1.44 bits per heavy atom. The minimum absolute atomic E-state index is 0. The average molecular weight is 1050 g/mol. The average Bonchev–Trinajstić information content (AvgIpc) is 3.26. The molecule has 20 heteroatoms. The molecule has 16 nitrogen and oxygen atoms in total. The number of halogens is 1. The predicted molar refractivity (Wildman–Crippen MR) is 244 cm³/mol. The van der Waals surface area contributed by atoms with E-state index in [9.17, 15) is 26.9 Å². The number of methoxy groups -OCH3 is 2. The van der Waals surface area contributed by atoms with Gasteiger partial charge in [-0.2, -0.15) is 10.5 Å². The Kier molecular flexibility index (Phi) is 19.1. The fraction of sp³-hybridized carbons (Fsp3) is 0.136. The molecule has 2 aromatic heterocycles. The molecular formula is C44H41IN7O9S2V-. The van der Waals surface area contributed by atoms with E-state index in [2.05, 4.69) is 20.2 Å². The van der Waals surface area contributed by atoms with Crippen molar-refractivity contribution in [3.05, 3.63) is 138 Å². The second kappa shape index (κ2) is 23.5. The molecule has 0 aliphatic heterocycles. The van der Waals surface area contributed by atoms with Gasteiger partial charge in [0, 0.05) is 36.5 Å². The number of benzene rings is 4. The quantitative estimate of drug-likeness (QED) is 0.0815. The number of carbonyl (C=O) groups is 1. The molecule has 6 aromatic rings. The van der Waals surface area contributed by atoms with Gasteiger partial charge in [0.25, 0.3) is 10.0 Å². The number of hydrogen-bond donors (Lipinski definition) is 3. The van der Waals surface area contributed by atoms with Gasteiger partial charge < -0.3 is 46.9 Å². The third kappa shape index (κ3) is 15.0. The van der Waals surface area contributed by atoms with Crippen molar-refractivity contribution in [1.29, 1.82) is 10.5 Å². The van der Waals surface area contributed by atoms with Crippen molar-refractivity contribution in [2.45, 2.75) is 36.1 Å². The van der Waals surface area contributed by atoms with Crippen molar-refractivity contribution in [1.82, 2.24) is 20.0 Å². The fourth-order valence-electron chi connectivity index (χ4n) is 5.35. The standard InChI is InChI=1S/C24H24N4O5S.C19H15N3O4S.CH2I.V/c1-24(2,3)27-23(29)28-34(30,31)21-12-16(14-25)15-26-22(21)33-20-7-5-6-18(13-20)17-8-10-19(32-4)11-9-17;1-25-16-7-5-14(6-8-16)15-3-2-4-17(10-15)26-19-18(27(21,23)24)9-13(11-20)12-22-19;1-2;/h5-13,15H,1-4H3,(H2,27,28,29);2-10,12H,1H3,(H2,21,23,24);1H2;/q;;-1;. The first kappa shape index (κ1) is 52.2. The Labute approximate surface area is 397 Å². The minimum atomic E-state index is -4.40. The van der Waals surface area contributed by atoms with E-state index < -0.39 is 36.5 Å². The smallest absolute Gasteiger partial charge is 0.329 e. The number of carbonyl (C=O) groups excluding carboxylic acids is 1. The Bertz CT molecular complexity index is 2870. The van der Waals surface area contributed by atoms with Crippen LogP contribution in [0.15, 0.2) is 131 Å². The summed E-state index contributed by atoms with van der Waals surface area (Å²) in [6, 6.07) is 33.9. The van der Waals surface area contributed by atoms with Gasteiger partial charge in [-0.25, -0.2) is 41.5 Å². The van der Waals surface area contributed by atoms with Crippen LogP contribution in [-0.2, 0) is 38.6 Å². The maximum absolute atomic E-state index is 12.9. The van der Waals surface area contributed by atoms with Crippen molar-refractivity contribution in [2.24, 2.45) is 5.14 Å². The van der Waals surface area contributed by atoms with Gasteiger partial charge in [0.05, 0.1) is 25.3 Å². The number of nitrogens with zero attached hydrogens (tertiary/aromatic N) is 4. The molecule has 6 rings (SSSR count). The van der Waals surface area contributed by atoms with Crippen LogP contribution in [0.2, 0.25) is 0 Å². The van der Waals surface area contributed by atoms with Crippen molar-refractivity contribution in [2.75, 3.05) is 14.2 Å². The number of urea groups is 1. The van der Waals surface area contributed by atoms with Gasteiger partial charge in [-0.1, -0.05) is 48.5 Å². The maximum atomic E-state index is 12.9. The molecule has 2 amide bonds. The zero-order valence-corrected chi connectivity index (χ0v) is 40.1. The fourth-order valence-corrected chi connectivity index (χ4v) is 6.99. The van der Waals surface area contributed by atoms with Gasteiger partial charge >= 0.3 is 6.03 Å². The summed E-state index contributed by atoms with van der Waals surface area (Å²) in [7, 11) is -5.33. The molecule has 0 aliphatic rings. The Morgan fingerprint density at radius 2 is 1.06 bits per heavy atom. The van der Waals surface area contributed by atoms with Crippen LogP contribution < -0.4 is 34.1 Å². The van der Waals surface area contributed by atoms with Gasteiger partial charge in [0.2, 0.25) is 21.8 Å². The molecule has 0 fully saturated rings. The number of rotatable bonds is 11. The summed E-state index contributed by atoms with van der Waals surface area (Å²) in [4.78, 5) is 22.5. The number of nitrogens with one attached hydrogen (secondary N) is 2. The van der Waals surface area contributed by atoms with Crippen LogP contribution >= 0.6 is 22.6 Å². The zero-order valence-electron chi connectivity index (χ0n) is 34.9. The van der Waals surface area contributed by atoms with Crippen LogP contribution in [0.4, 0.5) is 4.79 Å². The number of nitrogens with two attached hydrogens (primary N) is 1. The SMILES string of the molecule is COc1ccc(-c2cccc(Oc3ncc(C#N)cc3S(=O)(=O)NC(=O)NC(C)(C)C)c2)cc1.COc1ccc(-c2cccc(Oc3ncc(C#N)cc3S(N)(=O)=O)c2)cc1.[CH2-]I.[V]. The van der Waals surface area contributed by atoms with E-state index in [4.69, 9.17) is 29.3 Å². The van der Waals surface area contributed by atoms with Crippen LogP contribution in [0.1, 0.15) is 31.9 Å². The molecule has 0 atom stereocenters. The normalized spacial score (nSPS) is 10.7. The Hall–Kier alpha value is -6.20. The first-order valence-electron chi connectivity index (χ1n) is 18.2. The second-order valence-corrected chi connectivity index (χ2v) is 17.0. The molecule has 4 aromatic carbocycles. The number of sulfonamides is 2. The third-order valence-corrected chi connectivity index (χ3v) is 10.4. The molecule has 4 N–H and O–H groups in total. The molecule has 331 valence electrons. The van der Waals surface area contributed by atoms with Gasteiger partial charge in [-0.05, 0) is 104 Å². The van der Waals surface area contributed by atoms with E-state index >= 15 is 0 Å². The number of pyridine rings is 2. The predicted octanol–water partition coefficient (Wildman–Crippen LogP) is 8.49. The molecule has 64 heavy (non-hydrogen) atoms. The van der Waals surface area contributed by atoms with E-state index in [1.54, 1.807) is 71.4 Å². The molecule has 0 aliphatic carbocycles.